The number of ether oxygens (including phenoxy) is 1. The lowest BCUT2D eigenvalue weighted by Gasteiger charge is -2.13. The Hall–Kier alpha value is -2.03. The smallest absolute Gasteiger partial charge is 0.240 e. The van der Waals surface area contributed by atoms with E-state index < -0.39 is 10.0 Å². The summed E-state index contributed by atoms with van der Waals surface area (Å²) in [5.41, 5.74) is 0.990. The summed E-state index contributed by atoms with van der Waals surface area (Å²) < 4.78 is 32.0. The van der Waals surface area contributed by atoms with Crippen molar-refractivity contribution >= 4 is 27.7 Å². The Bertz CT molecular complexity index is 850. The molecule has 0 aliphatic carbocycles. The maximum absolute atomic E-state index is 12.2. The van der Waals surface area contributed by atoms with Gasteiger partial charge in [-0.3, -0.25) is 4.79 Å². The number of rotatable bonds is 9. The van der Waals surface area contributed by atoms with E-state index in [2.05, 4.69) is 10.0 Å². The number of hydrogen-bond acceptors (Lipinski definition) is 5. The van der Waals surface area contributed by atoms with Gasteiger partial charge in [-0.2, -0.15) is 0 Å². The fraction of sp³-hybridized carbons (Fsp3) is 0.316. The highest BCUT2D eigenvalue weighted by molar-refractivity contribution is 8.00. The molecule has 146 valence electrons. The zero-order valence-electron chi connectivity index (χ0n) is 15.6. The maximum atomic E-state index is 12.2. The van der Waals surface area contributed by atoms with Crippen LogP contribution in [0.4, 0.5) is 0 Å². The van der Waals surface area contributed by atoms with Gasteiger partial charge in [-0.15, -0.1) is 11.8 Å². The maximum Gasteiger partial charge on any atom is 0.240 e. The van der Waals surface area contributed by atoms with Gasteiger partial charge in [-0.25, -0.2) is 13.1 Å². The van der Waals surface area contributed by atoms with Crippen LogP contribution in [0.2, 0.25) is 0 Å². The average molecular weight is 409 g/mol. The van der Waals surface area contributed by atoms with Crippen LogP contribution in [0.15, 0.2) is 58.3 Å². The lowest BCUT2D eigenvalue weighted by atomic mass is 10.2. The highest BCUT2D eigenvalue weighted by Crippen LogP contribution is 2.25. The van der Waals surface area contributed by atoms with E-state index in [4.69, 9.17) is 4.74 Å². The topological polar surface area (TPSA) is 84.5 Å². The van der Waals surface area contributed by atoms with Crippen LogP contribution in [0.5, 0.6) is 5.75 Å². The SMILES string of the molecule is COc1ccc(SC(C)C(=O)NCCNS(=O)(=O)c2ccc(C)cc2)cc1. The van der Waals surface area contributed by atoms with Crippen molar-refractivity contribution < 1.29 is 17.9 Å². The summed E-state index contributed by atoms with van der Waals surface area (Å²) in [6.45, 7) is 4.05. The number of nitrogens with one attached hydrogen (secondary N) is 2. The van der Waals surface area contributed by atoms with E-state index in [0.29, 0.717) is 0 Å². The molecule has 1 atom stereocenters. The largest absolute Gasteiger partial charge is 0.497 e. The fourth-order valence-electron chi connectivity index (χ4n) is 2.23. The van der Waals surface area contributed by atoms with E-state index >= 15 is 0 Å². The lowest BCUT2D eigenvalue weighted by molar-refractivity contribution is -0.120. The molecule has 2 rings (SSSR count). The van der Waals surface area contributed by atoms with Gasteiger partial charge in [0.05, 0.1) is 17.3 Å². The molecular formula is C19H24N2O4S2. The highest BCUT2D eigenvalue weighted by Gasteiger charge is 2.16. The fourth-order valence-corrected chi connectivity index (χ4v) is 4.15. The molecule has 0 radical (unpaired) electrons. The lowest BCUT2D eigenvalue weighted by Crippen LogP contribution is -2.37. The molecule has 8 heteroatoms. The van der Waals surface area contributed by atoms with Crippen LogP contribution in [0, 0.1) is 6.92 Å². The molecule has 2 N–H and O–H groups in total. The second-order valence-corrected chi connectivity index (χ2v) is 9.12. The minimum absolute atomic E-state index is 0.127. The second kappa shape index (κ2) is 9.77. The molecular weight excluding hydrogens is 384 g/mol. The molecule has 0 aromatic heterocycles. The summed E-state index contributed by atoms with van der Waals surface area (Å²) in [4.78, 5) is 13.3. The van der Waals surface area contributed by atoms with Crippen LogP contribution in [0.3, 0.4) is 0 Å². The van der Waals surface area contributed by atoms with E-state index in [0.717, 1.165) is 16.2 Å². The summed E-state index contributed by atoms with van der Waals surface area (Å²) in [5.74, 6) is 0.614. The van der Waals surface area contributed by atoms with Gasteiger partial charge < -0.3 is 10.1 Å². The zero-order valence-corrected chi connectivity index (χ0v) is 17.2. The van der Waals surface area contributed by atoms with Crippen LogP contribution in [-0.4, -0.2) is 39.8 Å². The summed E-state index contributed by atoms with van der Waals surface area (Å²) in [5, 5.41) is 2.45. The molecule has 0 saturated heterocycles. The normalized spacial score (nSPS) is 12.4. The van der Waals surface area contributed by atoms with Gasteiger partial charge in [0, 0.05) is 18.0 Å². The molecule has 2 aromatic carbocycles. The first-order valence-electron chi connectivity index (χ1n) is 8.46. The van der Waals surface area contributed by atoms with Crippen molar-refractivity contribution in [2.24, 2.45) is 0 Å². The van der Waals surface area contributed by atoms with Crippen molar-refractivity contribution in [1.82, 2.24) is 10.0 Å². The van der Waals surface area contributed by atoms with Gasteiger partial charge in [0.1, 0.15) is 5.75 Å². The van der Waals surface area contributed by atoms with Crippen LogP contribution < -0.4 is 14.8 Å². The Morgan fingerprint density at radius 1 is 1.07 bits per heavy atom. The zero-order chi connectivity index (χ0) is 19.9. The van der Waals surface area contributed by atoms with Crippen LogP contribution in [0.1, 0.15) is 12.5 Å². The third kappa shape index (κ3) is 6.57. The third-order valence-electron chi connectivity index (χ3n) is 3.79. The van der Waals surface area contributed by atoms with Crippen molar-refractivity contribution in [2.45, 2.75) is 28.9 Å². The van der Waals surface area contributed by atoms with E-state index in [-0.39, 0.29) is 29.1 Å². The molecule has 2 aromatic rings. The molecule has 0 aliphatic heterocycles. The molecule has 0 bridgehead atoms. The van der Waals surface area contributed by atoms with Crippen molar-refractivity contribution in [3.05, 3.63) is 54.1 Å². The van der Waals surface area contributed by atoms with Crippen molar-refractivity contribution in [2.75, 3.05) is 20.2 Å². The van der Waals surface area contributed by atoms with Crippen molar-refractivity contribution in [3.8, 4) is 5.75 Å². The van der Waals surface area contributed by atoms with E-state index in [9.17, 15) is 13.2 Å². The number of carbonyl (C=O) groups is 1. The third-order valence-corrected chi connectivity index (χ3v) is 6.38. The quantitative estimate of drug-likeness (QED) is 0.492. The van der Waals surface area contributed by atoms with Crippen molar-refractivity contribution in [3.63, 3.8) is 0 Å². The van der Waals surface area contributed by atoms with Crippen LogP contribution in [-0.2, 0) is 14.8 Å². The standard InChI is InChI=1S/C19H24N2O4S2/c1-14-4-10-18(11-5-14)27(23,24)21-13-12-20-19(22)15(2)26-17-8-6-16(25-3)7-9-17/h4-11,15,21H,12-13H2,1-3H3,(H,20,22). The van der Waals surface area contributed by atoms with Gasteiger partial charge in [-0.1, -0.05) is 17.7 Å². The van der Waals surface area contributed by atoms with Gasteiger partial charge >= 0.3 is 0 Å². The number of benzene rings is 2. The number of aryl methyl sites for hydroxylation is 1. The number of methoxy groups -OCH3 is 1. The molecule has 1 amide bonds. The summed E-state index contributed by atoms with van der Waals surface area (Å²) in [7, 11) is -1.97. The molecule has 0 heterocycles. The first-order chi connectivity index (χ1) is 12.8. The second-order valence-electron chi connectivity index (χ2n) is 5.94. The van der Waals surface area contributed by atoms with Gasteiger partial charge in [0.2, 0.25) is 15.9 Å². The molecule has 0 spiro atoms. The molecule has 1 unspecified atom stereocenters. The van der Waals surface area contributed by atoms with E-state index in [1.54, 1.807) is 38.3 Å². The predicted octanol–water partition coefficient (Wildman–Crippen LogP) is 2.58. The molecule has 0 aliphatic rings. The van der Waals surface area contributed by atoms with E-state index in [1.165, 1.54) is 11.8 Å². The summed E-state index contributed by atoms with van der Waals surface area (Å²) in [6.07, 6.45) is 0. The number of thioether (sulfide) groups is 1. The van der Waals surface area contributed by atoms with Gasteiger partial charge in [0.15, 0.2) is 0 Å². The Morgan fingerprint density at radius 3 is 2.30 bits per heavy atom. The number of amides is 1. The molecule has 0 saturated carbocycles. The number of sulfonamides is 1. The Balaban J connectivity index is 1.76. The van der Waals surface area contributed by atoms with E-state index in [1.807, 2.05) is 31.2 Å². The molecule has 0 fully saturated rings. The minimum Gasteiger partial charge on any atom is -0.497 e. The van der Waals surface area contributed by atoms with Gasteiger partial charge in [0.25, 0.3) is 0 Å². The van der Waals surface area contributed by atoms with Crippen molar-refractivity contribution in [1.29, 1.82) is 0 Å². The minimum atomic E-state index is -3.57. The first kappa shape index (κ1) is 21.3. The number of hydrogen-bond donors (Lipinski definition) is 2. The number of carbonyl (C=O) groups excluding carboxylic acids is 1. The monoisotopic (exact) mass is 408 g/mol. The highest BCUT2D eigenvalue weighted by atomic mass is 32.2. The Kier molecular flexibility index (Phi) is 7.70. The van der Waals surface area contributed by atoms with Gasteiger partial charge in [-0.05, 0) is 50.2 Å². The Labute approximate surface area is 164 Å². The molecule has 27 heavy (non-hydrogen) atoms. The van der Waals surface area contributed by atoms with Crippen LogP contribution >= 0.6 is 11.8 Å². The Morgan fingerprint density at radius 2 is 1.70 bits per heavy atom. The predicted molar refractivity (Wildman–Crippen MR) is 108 cm³/mol. The molecule has 6 nitrogen and oxygen atoms in total. The average Bonchev–Trinajstić information content (AvgIpc) is 2.66. The first-order valence-corrected chi connectivity index (χ1v) is 10.8. The summed E-state index contributed by atoms with van der Waals surface area (Å²) in [6, 6.07) is 14.1. The summed E-state index contributed by atoms with van der Waals surface area (Å²) >= 11 is 1.43. The van der Waals surface area contributed by atoms with Crippen LogP contribution in [0.25, 0.3) is 0 Å².